The first-order valence-corrected chi connectivity index (χ1v) is 11.7. The minimum absolute atomic E-state index is 0.303. The van der Waals surface area contributed by atoms with E-state index in [9.17, 15) is 19.2 Å². The number of esters is 4. The first kappa shape index (κ1) is 29.6. The molecule has 0 aliphatic heterocycles. The van der Waals surface area contributed by atoms with Crippen LogP contribution in [0.25, 0.3) is 0 Å². The summed E-state index contributed by atoms with van der Waals surface area (Å²) >= 11 is 0. The average Bonchev–Trinajstić information content (AvgIpc) is 2.69. The van der Waals surface area contributed by atoms with Crippen LogP contribution in [0.4, 0.5) is 0 Å². The molecular weight excluding hydrogens is 416 g/mol. The number of carbonyl (C=O) groups is 4. The average molecular weight is 457 g/mol. The molecule has 8 heteroatoms. The summed E-state index contributed by atoms with van der Waals surface area (Å²) in [6, 6.07) is 0. The number of hydrogen-bond acceptors (Lipinski definition) is 8. The van der Waals surface area contributed by atoms with Gasteiger partial charge >= 0.3 is 23.9 Å². The Morgan fingerprint density at radius 1 is 0.625 bits per heavy atom. The second-order valence-electron chi connectivity index (χ2n) is 7.60. The maximum Gasteiger partial charge on any atom is 0.333 e. The highest BCUT2D eigenvalue weighted by molar-refractivity contribution is 5.82. The van der Waals surface area contributed by atoms with Crippen molar-refractivity contribution in [2.75, 3.05) is 0 Å². The van der Waals surface area contributed by atoms with Gasteiger partial charge in [0.05, 0.1) is 0 Å². The van der Waals surface area contributed by atoms with Gasteiger partial charge in [-0.2, -0.15) is 0 Å². The van der Waals surface area contributed by atoms with Gasteiger partial charge in [0.15, 0.2) is 0 Å². The zero-order chi connectivity index (χ0) is 24.2. The van der Waals surface area contributed by atoms with E-state index in [0.717, 1.165) is 44.9 Å². The van der Waals surface area contributed by atoms with Crippen molar-refractivity contribution in [3.63, 3.8) is 0 Å². The predicted molar refractivity (Wildman–Crippen MR) is 119 cm³/mol. The van der Waals surface area contributed by atoms with E-state index in [1.165, 1.54) is 13.0 Å². The molecule has 32 heavy (non-hydrogen) atoms. The Hall–Kier alpha value is -2.38. The lowest BCUT2D eigenvalue weighted by Gasteiger charge is -2.13. The first-order chi connectivity index (χ1) is 15.3. The molecule has 0 heterocycles. The molecule has 184 valence electrons. The number of allylic oxidation sites excluding steroid dienone is 1. The Morgan fingerprint density at radius 2 is 1.06 bits per heavy atom. The molecule has 0 fully saturated rings. The van der Waals surface area contributed by atoms with Crippen LogP contribution in [0.1, 0.15) is 105 Å². The molecule has 0 bridgehead atoms. The third-order valence-corrected chi connectivity index (χ3v) is 4.34. The third-order valence-electron chi connectivity index (χ3n) is 4.34. The van der Waals surface area contributed by atoms with Gasteiger partial charge in [0, 0.05) is 39.2 Å². The Morgan fingerprint density at radius 3 is 1.59 bits per heavy atom. The van der Waals surface area contributed by atoms with E-state index in [4.69, 9.17) is 18.9 Å². The van der Waals surface area contributed by atoms with Gasteiger partial charge in [0.25, 0.3) is 0 Å². The Bertz CT molecular complexity index is 585. The highest BCUT2D eigenvalue weighted by Crippen LogP contribution is 2.10. The standard InChI is InChI=1S/C24H40O8/c1-5-15-21(25)29-19(3)31-23(27)17-13-11-9-7-8-10-12-14-18-24(28)32-20(4)30-22(26)16-6-2/h13,17,19-20H,5-12,14-16,18H2,1-4H3. The van der Waals surface area contributed by atoms with E-state index < -0.39 is 18.5 Å². The van der Waals surface area contributed by atoms with E-state index in [1.807, 2.05) is 13.8 Å². The van der Waals surface area contributed by atoms with Crippen molar-refractivity contribution in [2.45, 2.75) is 117 Å². The van der Waals surface area contributed by atoms with Crippen molar-refractivity contribution in [1.82, 2.24) is 0 Å². The maximum atomic E-state index is 11.7. The fourth-order valence-corrected chi connectivity index (χ4v) is 2.81. The lowest BCUT2D eigenvalue weighted by Crippen LogP contribution is -2.21. The number of carbonyl (C=O) groups excluding carboxylic acids is 4. The smallest absolute Gasteiger partial charge is 0.333 e. The van der Waals surface area contributed by atoms with Crippen LogP contribution < -0.4 is 0 Å². The SMILES string of the molecule is CCCC(=O)OC(C)OC(=O)C=CCCCCCCCCC(=O)OC(C)OC(=O)CCC. The van der Waals surface area contributed by atoms with Gasteiger partial charge < -0.3 is 18.9 Å². The van der Waals surface area contributed by atoms with Gasteiger partial charge in [-0.05, 0) is 32.1 Å². The minimum Gasteiger partial charge on any atom is -0.425 e. The predicted octanol–water partition coefficient (Wildman–Crippen LogP) is 5.13. The van der Waals surface area contributed by atoms with Crippen molar-refractivity contribution in [2.24, 2.45) is 0 Å². The molecule has 0 N–H and O–H groups in total. The summed E-state index contributed by atoms with van der Waals surface area (Å²) in [5.41, 5.74) is 0. The summed E-state index contributed by atoms with van der Waals surface area (Å²) in [5, 5.41) is 0. The van der Waals surface area contributed by atoms with Crippen molar-refractivity contribution >= 4 is 23.9 Å². The van der Waals surface area contributed by atoms with Crippen LogP contribution >= 0.6 is 0 Å². The quantitative estimate of drug-likeness (QED) is 0.121. The number of rotatable bonds is 18. The topological polar surface area (TPSA) is 105 Å². The van der Waals surface area contributed by atoms with Crippen LogP contribution in [0.15, 0.2) is 12.2 Å². The highest BCUT2D eigenvalue weighted by atomic mass is 16.7. The molecule has 2 atom stereocenters. The van der Waals surface area contributed by atoms with Gasteiger partial charge in [-0.1, -0.05) is 45.6 Å². The first-order valence-electron chi connectivity index (χ1n) is 11.7. The van der Waals surface area contributed by atoms with Gasteiger partial charge in [-0.15, -0.1) is 0 Å². The van der Waals surface area contributed by atoms with E-state index in [2.05, 4.69) is 0 Å². The summed E-state index contributed by atoms with van der Waals surface area (Å²) in [6.07, 6.45) is 10.2. The maximum absolute atomic E-state index is 11.7. The van der Waals surface area contributed by atoms with Crippen molar-refractivity contribution in [1.29, 1.82) is 0 Å². The summed E-state index contributed by atoms with van der Waals surface area (Å²) < 4.78 is 20.0. The molecule has 0 rings (SSSR count). The monoisotopic (exact) mass is 456 g/mol. The van der Waals surface area contributed by atoms with Crippen molar-refractivity contribution in [3.05, 3.63) is 12.2 Å². The molecule has 0 radical (unpaired) electrons. The molecule has 2 unspecified atom stereocenters. The van der Waals surface area contributed by atoms with Gasteiger partial charge in [0.2, 0.25) is 12.6 Å². The van der Waals surface area contributed by atoms with Crippen LogP contribution in [0.2, 0.25) is 0 Å². The fourth-order valence-electron chi connectivity index (χ4n) is 2.81. The molecule has 0 amide bonds. The van der Waals surface area contributed by atoms with Gasteiger partial charge in [-0.25, -0.2) is 4.79 Å². The molecule has 0 aromatic heterocycles. The second kappa shape index (κ2) is 19.3. The van der Waals surface area contributed by atoms with Crippen LogP contribution in [0.3, 0.4) is 0 Å². The van der Waals surface area contributed by atoms with E-state index in [1.54, 1.807) is 13.0 Å². The van der Waals surface area contributed by atoms with E-state index >= 15 is 0 Å². The summed E-state index contributed by atoms with van der Waals surface area (Å²) in [6.45, 7) is 6.81. The molecule has 0 spiro atoms. The Kier molecular flexibility index (Phi) is 17.9. The van der Waals surface area contributed by atoms with Crippen LogP contribution in [-0.2, 0) is 38.1 Å². The summed E-state index contributed by atoms with van der Waals surface area (Å²) in [7, 11) is 0. The van der Waals surface area contributed by atoms with Crippen molar-refractivity contribution in [3.8, 4) is 0 Å². The molecule has 0 saturated heterocycles. The van der Waals surface area contributed by atoms with Gasteiger partial charge in [-0.3, -0.25) is 14.4 Å². The largest absolute Gasteiger partial charge is 0.425 e. The van der Waals surface area contributed by atoms with Gasteiger partial charge in [0.1, 0.15) is 0 Å². The lowest BCUT2D eigenvalue weighted by molar-refractivity contribution is -0.185. The molecule has 0 aromatic rings. The second-order valence-corrected chi connectivity index (χ2v) is 7.60. The molecule has 8 nitrogen and oxygen atoms in total. The Balaban J connectivity index is 3.65. The van der Waals surface area contributed by atoms with Crippen LogP contribution in [0.5, 0.6) is 0 Å². The summed E-state index contributed by atoms with van der Waals surface area (Å²) in [5.74, 6) is -1.62. The summed E-state index contributed by atoms with van der Waals surface area (Å²) in [4.78, 5) is 46.0. The minimum atomic E-state index is -0.886. The molecule has 0 aliphatic rings. The van der Waals surface area contributed by atoms with E-state index in [-0.39, 0.29) is 17.9 Å². The normalized spacial score (nSPS) is 12.8. The number of unbranched alkanes of at least 4 members (excludes halogenated alkanes) is 6. The van der Waals surface area contributed by atoms with Crippen molar-refractivity contribution < 1.29 is 38.1 Å². The molecule has 0 aromatic carbocycles. The molecule has 0 aliphatic carbocycles. The zero-order valence-electron chi connectivity index (χ0n) is 20.1. The fraction of sp³-hybridized carbons (Fsp3) is 0.750. The zero-order valence-corrected chi connectivity index (χ0v) is 20.1. The van der Waals surface area contributed by atoms with E-state index in [0.29, 0.717) is 32.1 Å². The molecule has 0 saturated carbocycles. The lowest BCUT2D eigenvalue weighted by atomic mass is 10.1. The highest BCUT2D eigenvalue weighted by Gasteiger charge is 2.13. The number of ether oxygens (including phenoxy) is 4. The Labute approximate surface area is 192 Å². The van der Waals surface area contributed by atoms with Crippen LogP contribution in [0, 0.1) is 0 Å². The number of hydrogen-bond donors (Lipinski definition) is 0. The third kappa shape index (κ3) is 18.4. The molecular formula is C24H40O8. The van der Waals surface area contributed by atoms with Crippen LogP contribution in [-0.4, -0.2) is 36.5 Å².